The molecular formula is C19H25N5O2S. The predicted octanol–water partition coefficient (Wildman–Crippen LogP) is 3.08. The maximum Gasteiger partial charge on any atom is 0.175 e. The lowest BCUT2D eigenvalue weighted by Crippen LogP contribution is -2.35. The molecule has 0 aliphatic heterocycles. The van der Waals surface area contributed by atoms with Crippen LogP contribution in [0.2, 0.25) is 0 Å². The summed E-state index contributed by atoms with van der Waals surface area (Å²) in [4.78, 5) is 14.9. The molecule has 8 heteroatoms. The Balaban J connectivity index is 1.77. The van der Waals surface area contributed by atoms with Gasteiger partial charge in [-0.05, 0) is 39.5 Å². The molecule has 0 atom stereocenters. The van der Waals surface area contributed by atoms with Gasteiger partial charge in [0.05, 0.1) is 22.4 Å². The van der Waals surface area contributed by atoms with Gasteiger partial charge in [0.25, 0.3) is 0 Å². The first kappa shape index (κ1) is 18.2. The van der Waals surface area contributed by atoms with Gasteiger partial charge in [-0.2, -0.15) is 0 Å². The van der Waals surface area contributed by atoms with E-state index in [1.54, 1.807) is 18.4 Å². The number of anilines is 1. The summed E-state index contributed by atoms with van der Waals surface area (Å²) in [7, 11) is 1.55. The minimum Gasteiger partial charge on any atom is -0.481 e. The molecule has 2 aromatic heterocycles. The van der Waals surface area contributed by atoms with Crippen molar-refractivity contribution in [1.29, 1.82) is 0 Å². The lowest BCUT2D eigenvalue weighted by atomic mass is 9.72. The van der Waals surface area contributed by atoms with Crippen LogP contribution in [0.3, 0.4) is 0 Å². The first-order valence-electron chi connectivity index (χ1n) is 9.21. The number of oxime groups is 1. The van der Waals surface area contributed by atoms with Gasteiger partial charge in [-0.25, -0.2) is 9.97 Å². The summed E-state index contributed by atoms with van der Waals surface area (Å²) in [5, 5.41) is 5.19. The second-order valence-corrected chi connectivity index (χ2v) is 8.71. The van der Waals surface area contributed by atoms with Gasteiger partial charge in [-0.1, -0.05) is 16.5 Å². The van der Waals surface area contributed by atoms with E-state index in [4.69, 9.17) is 21.0 Å². The van der Waals surface area contributed by atoms with Crippen LogP contribution in [0.1, 0.15) is 50.7 Å². The Morgan fingerprint density at radius 3 is 2.67 bits per heavy atom. The van der Waals surface area contributed by atoms with Crippen molar-refractivity contribution in [2.75, 3.05) is 12.8 Å². The molecule has 2 aliphatic rings. The monoisotopic (exact) mass is 387 g/mol. The van der Waals surface area contributed by atoms with Crippen LogP contribution in [0.25, 0.3) is 10.6 Å². The molecule has 1 fully saturated rings. The van der Waals surface area contributed by atoms with Gasteiger partial charge in [0.2, 0.25) is 0 Å². The maximum atomic E-state index is 6.29. The number of hydrogen-bond donors (Lipinski definition) is 2. The Morgan fingerprint density at radius 2 is 1.96 bits per heavy atom. The Kier molecular flexibility index (Phi) is 4.55. The summed E-state index contributed by atoms with van der Waals surface area (Å²) in [5.74, 6) is 0.469. The molecule has 4 rings (SSSR count). The average molecular weight is 388 g/mol. The van der Waals surface area contributed by atoms with Crippen LogP contribution in [0.4, 0.5) is 5.82 Å². The molecule has 2 aromatic rings. The van der Waals surface area contributed by atoms with Gasteiger partial charge in [-0.3, -0.25) is 0 Å². The molecular weight excluding hydrogens is 362 g/mol. The number of aromatic nitrogens is 2. The largest absolute Gasteiger partial charge is 0.481 e. The lowest BCUT2D eigenvalue weighted by molar-refractivity contribution is 0.152. The normalized spacial score (nSPS) is 25.0. The van der Waals surface area contributed by atoms with E-state index in [1.807, 2.05) is 0 Å². The van der Waals surface area contributed by atoms with Gasteiger partial charge in [-0.15, -0.1) is 0 Å². The molecule has 0 spiro atoms. The van der Waals surface area contributed by atoms with E-state index in [0.717, 1.165) is 58.2 Å². The zero-order valence-corrected chi connectivity index (χ0v) is 16.7. The Bertz CT molecular complexity index is 884. The Hall–Kier alpha value is -2.19. The van der Waals surface area contributed by atoms with E-state index in [0.29, 0.717) is 11.9 Å². The van der Waals surface area contributed by atoms with E-state index in [1.165, 1.54) is 6.33 Å². The Labute approximate surface area is 162 Å². The van der Waals surface area contributed by atoms with Gasteiger partial charge >= 0.3 is 0 Å². The fourth-order valence-corrected chi connectivity index (χ4v) is 5.13. The first-order chi connectivity index (χ1) is 12.9. The van der Waals surface area contributed by atoms with Gasteiger partial charge in [0.15, 0.2) is 5.06 Å². The number of fused-ring (bicyclic) bond motifs is 3. The summed E-state index contributed by atoms with van der Waals surface area (Å²) in [6.07, 6.45) is 5.70. The van der Waals surface area contributed by atoms with E-state index >= 15 is 0 Å². The van der Waals surface area contributed by atoms with E-state index in [9.17, 15) is 0 Å². The molecule has 7 nitrogen and oxygen atoms in total. The van der Waals surface area contributed by atoms with Crippen LogP contribution in [-0.2, 0) is 10.3 Å². The maximum absolute atomic E-state index is 6.29. The number of nitrogens with two attached hydrogens (primary N) is 2. The third-order valence-corrected chi connectivity index (χ3v) is 6.49. The van der Waals surface area contributed by atoms with Crippen LogP contribution < -0.4 is 16.2 Å². The topological polar surface area (TPSA) is 109 Å². The van der Waals surface area contributed by atoms with Gasteiger partial charge in [0, 0.05) is 28.7 Å². The zero-order valence-electron chi connectivity index (χ0n) is 15.9. The summed E-state index contributed by atoms with van der Waals surface area (Å²) < 4.78 is 6.29. The van der Waals surface area contributed by atoms with Gasteiger partial charge < -0.3 is 21.0 Å². The first-order valence-corrected chi connectivity index (χ1v) is 10.0. The van der Waals surface area contributed by atoms with Crippen molar-refractivity contribution in [1.82, 2.24) is 9.97 Å². The molecule has 2 aliphatic carbocycles. The number of nitrogen functional groups attached to an aromatic ring is 1. The van der Waals surface area contributed by atoms with E-state index < -0.39 is 5.41 Å². The minimum absolute atomic E-state index is 0.204. The van der Waals surface area contributed by atoms with Crippen molar-refractivity contribution >= 4 is 22.9 Å². The minimum atomic E-state index is -0.473. The highest BCUT2D eigenvalue weighted by Crippen LogP contribution is 2.49. The zero-order chi connectivity index (χ0) is 19.2. The predicted molar refractivity (Wildman–Crippen MR) is 107 cm³/mol. The number of thiophene rings is 1. The number of nitrogens with zero attached hydrogens (tertiary/aromatic N) is 3. The fraction of sp³-hybridized carbons (Fsp3) is 0.526. The summed E-state index contributed by atoms with van der Waals surface area (Å²) >= 11 is 1.58. The molecule has 0 aromatic carbocycles. The van der Waals surface area contributed by atoms with Crippen molar-refractivity contribution in [2.45, 2.75) is 57.1 Å². The fourth-order valence-electron chi connectivity index (χ4n) is 4.05. The van der Waals surface area contributed by atoms with Gasteiger partial charge in [0.1, 0.15) is 19.3 Å². The smallest absolute Gasteiger partial charge is 0.175 e. The molecule has 144 valence electrons. The van der Waals surface area contributed by atoms with Crippen molar-refractivity contribution in [3.8, 4) is 15.6 Å². The molecule has 0 saturated heterocycles. The third kappa shape index (κ3) is 3.06. The summed E-state index contributed by atoms with van der Waals surface area (Å²) in [6.45, 7) is 4.13. The van der Waals surface area contributed by atoms with Crippen molar-refractivity contribution < 1.29 is 9.57 Å². The number of hydrogen-bond acceptors (Lipinski definition) is 8. The number of ether oxygens (including phenoxy) is 1. The standard InChI is InChI=1S/C19H25N5O2S/c1-19(2)14-15(22-9-23-18(14)21)16-12(17(19)24-25-3)8-13(27-16)26-11-6-4-10(20)5-7-11/h8-11H,4-7,20H2,1-3H3,(H2,21,22,23)/b24-17+/t10-,11-. The highest BCUT2D eigenvalue weighted by molar-refractivity contribution is 7.17. The second kappa shape index (κ2) is 6.76. The van der Waals surface area contributed by atoms with Crippen molar-refractivity contribution in [2.24, 2.45) is 10.9 Å². The molecule has 0 unspecified atom stereocenters. The van der Waals surface area contributed by atoms with Crippen LogP contribution in [0, 0.1) is 0 Å². The average Bonchev–Trinajstić information content (AvgIpc) is 3.04. The highest BCUT2D eigenvalue weighted by atomic mass is 32.1. The third-order valence-electron chi connectivity index (χ3n) is 5.46. The van der Waals surface area contributed by atoms with Crippen LogP contribution in [0.5, 0.6) is 5.06 Å². The van der Waals surface area contributed by atoms with Crippen molar-refractivity contribution in [3.05, 3.63) is 23.5 Å². The Morgan fingerprint density at radius 1 is 1.22 bits per heavy atom. The summed E-state index contributed by atoms with van der Waals surface area (Å²) in [6, 6.07) is 2.35. The lowest BCUT2D eigenvalue weighted by Gasteiger charge is -2.32. The van der Waals surface area contributed by atoms with Crippen LogP contribution in [0.15, 0.2) is 17.5 Å². The number of rotatable bonds is 3. The summed E-state index contributed by atoms with van der Waals surface area (Å²) in [5.41, 5.74) is 15.3. The second-order valence-electron chi connectivity index (χ2n) is 7.69. The molecule has 0 radical (unpaired) electrons. The molecule has 27 heavy (non-hydrogen) atoms. The highest BCUT2D eigenvalue weighted by Gasteiger charge is 2.42. The van der Waals surface area contributed by atoms with Crippen LogP contribution >= 0.6 is 11.3 Å². The molecule has 0 bridgehead atoms. The quantitative estimate of drug-likeness (QED) is 0.784. The van der Waals surface area contributed by atoms with Crippen LogP contribution in [-0.4, -0.2) is 34.9 Å². The molecule has 1 saturated carbocycles. The van der Waals surface area contributed by atoms with E-state index in [-0.39, 0.29) is 6.10 Å². The van der Waals surface area contributed by atoms with Crippen molar-refractivity contribution in [3.63, 3.8) is 0 Å². The molecule has 0 amide bonds. The van der Waals surface area contributed by atoms with E-state index in [2.05, 4.69) is 35.0 Å². The molecule has 4 N–H and O–H groups in total. The molecule has 2 heterocycles. The SMILES string of the molecule is CO/N=C1\c2cc(O[C@H]3CC[C@H](N)CC3)sc2-c2ncnc(N)c2C1(C)C.